The lowest BCUT2D eigenvalue weighted by atomic mass is 10.2. The predicted molar refractivity (Wildman–Crippen MR) is 77.3 cm³/mol. The van der Waals surface area contributed by atoms with Gasteiger partial charge in [0, 0.05) is 21.4 Å². The van der Waals surface area contributed by atoms with Gasteiger partial charge in [-0.2, -0.15) is 0 Å². The van der Waals surface area contributed by atoms with E-state index in [4.69, 9.17) is 17.3 Å². The van der Waals surface area contributed by atoms with Gasteiger partial charge >= 0.3 is 0 Å². The lowest BCUT2D eigenvalue weighted by Crippen LogP contribution is -2.01. The Hall–Kier alpha value is -1.32. The van der Waals surface area contributed by atoms with E-state index in [9.17, 15) is 4.21 Å². The number of anilines is 1. The molecule has 4 heteroatoms. The first-order valence-electron chi connectivity index (χ1n) is 5.63. The van der Waals surface area contributed by atoms with Gasteiger partial charge in [-0.05, 0) is 48.4 Å². The Morgan fingerprint density at radius 1 is 1.00 bits per heavy atom. The van der Waals surface area contributed by atoms with E-state index >= 15 is 0 Å². The number of rotatable bonds is 4. The van der Waals surface area contributed by atoms with E-state index in [2.05, 4.69) is 0 Å². The monoisotopic (exact) mass is 279 g/mol. The van der Waals surface area contributed by atoms with Gasteiger partial charge < -0.3 is 5.73 Å². The number of halogens is 1. The summed E-state index contributed by atoms with van der Waals surface area (Å²) in [7, 11) is -0.987. The van der Waals surface area contributed by atoms with Crippen LogP contribution in [0.5, 0.6) is 0 Å². The normalized spacial score (nSPS) is 12.3. The number of nitrogens with two attached hydrogens (primary N) is 1. The number of nitrogen functional groups attached to an aromatic ring is 1. The quantitative estimate of drug-likeness (QED) is 0.873. The maximum absolute atomic E-state index is 12.0. The fourth-order valence-electron chi connectivity index (χ4n) is 1.60. The average Bonchev–Trinajstić information content (AvgIpc) is 2.38. The molecular weight excluding hydrogens is 266 g/mol. The zero-order chi connectivity index (χ0) is 13.0. The summed E-state index contributed by atoms with van der Waals surface area (Å²) >= 11 is 5.79. The van der Waals surface area contributed by atoms with Crippen molar-refractivity contribution in [3.63, 3.8) is 0 Å². The molecule has 2 nitrogen and oxygen atoms in total. The SMILES string of the molecule is Nc1ccc(CCS(=O)c2ccc(Cl)cc2)cc1. The van der Waals surface area contributed by atoms with Crippen LogP contribution in [0.1, 0.15) is 5.56 Å². The summed E-state index contributed by atoms with van der Waals surface area (Å²) in [6.45, 7) is 0. The molecule has 2 aromatic carbocycles. The summed E-state index contributed by atoms with van der Waals surface area (Å²) in [5.74, 6) is 0.603. The molecular formula is C14H14ClNOS. The molecule has 2 aromatic rings. The van der Waals surface area contributed by atoms with Crippen molar-refractivity contribution >= 4 is 28.1 Å². The van der Waals surface area contributed by atoms with Crippen molar-refractivity contribution in [3.8, 4) is 0 Å². The van der Waals surface area contributed by atoms with Crippen molar-refractivity contribution in [3.05, 3.63) is 59.1 Å². The van der Waals surface area contributed by atoms with E-state index in [0.29, 0.717) is 10.8 Å². The first-order valence-corrected chi connectivity index (χ1v) is 7.33. The van der Waals surface area contributed by atoms with Crippen LogP contribution in [0.25, 0.3) is 0 Å². The molecule has 2 rings (SSSR count). The molecule has 0 radical (unpaired) electrons. The van der Waals surface area contributed by atoms with Crippen LogP contribution in [0.3, 0.4) is 0 Å². The molecule has 1 atom stereocenters. The first-order chi connectivity index (χ1) is 8.65. The molecule has 0 fully saturated rings. The average molecular weight is 280 g/mol. The maximum atomic E-state index is 12.0. The fourth-order valence-corrected chi connectivity index (χ4v) is 2.82. The Labute approximate surface area is 114 Å². The van der Waals surface area contributed by atoms with E-state index in [1.54, 1.807) is 24.3 Å². The van der Waals surface area contributed by atoms with Crippen LogP contribution >= 0.6 is 11.6 Å². The molecule has 0 saturated heterocycles. The van der Waals surface area contributed by atoms with Gasteiger partial charge in [0.05, 0.1) is 10.8 Å². The van der Waals surface area contributed by atoms with Gasteiger partial charge in [0.25, 0.3) is 0 Å². The van der Waals surface area contributed by atoms with Gasteiger partial charge in [-0.1, -0.05) is 23.7 Å². The maximum Gasteiger partial charge on any atom is 0.0532 e. The van der Waals surface area contributed by atoms with E-state index in [-0.39, 0.29) is 0 Å². The molecule has 0 aliphatic heterocycles. The minimum absolute atomic E-state index is 0.603. The Kier molecular flexibility index (Phi) is 4.39. The van der Waals surface area contributed by atoms with Crippen molar-refractivity contribution < 1.29 is 4.21 Å². The second kappa shape index (κ2) is 6.03. The van der Waals surface area contributed by atoms with Gasteiger partial charge in [0.2, 0.25) is 0 Å². The smallest absolute Gasteiger partial charge is 0.0532 e. The standard InChI is InChI=1S/C14H14ClNOS/c15-12-3-7-14(8-4-12)18(17)10-9-11-1-5-13(16)6-2-11/h1-8H,9-10,16H2. The Morgan fingerprint density at radius 2 is 1.61 bits per heavy atom. The molecule has 18 heavy (non-hydrogen) atoms. The lowest BCUT2D eigenvalue weighted by Gasteiger charge is -2.03. The van der Waals surface area contributed by atoms with Gasteiger partial charge in [-0.3, -0.25) is 4.21 Å². The third kappa shape index (κ3) is 3.59. The summed E-state index contributed by atoms with van der Waals surface area (Å²) < 4.78 is 12.0. The van der Waals surface area contributed by atoms with Crippen LogP contribution in [0.2, 0.25) is 5.02 Å². The molecule has 0 heterocycles. The molecule has 0 saturated carbocycles. The van der Waals surface area contributed by atoms with Crippen LogP contribution < -0.4 is 5.73 Å². The van der Waals surface area contributed by atoms with Gasteiger partial charge in [-0.25, -0.2) is 0 Å². The summed E-state index contributed by atoms with van der Waals surface area (Å²) in [6.07, 6.45) is 0.773. The van der Waals surface area contributed by atoms with Crippen molar-refractivity contribution in [1.82, 2.24) is 0 Å². The highest BCUT2D eigenvalue weighted by Gasteiger charge is 2.04. The van der Waals surface area contributed by atoms with Crippen LogP contribution in [0.4, 0.5) is 5.69 Å². The zero-order valence-electron chi connectivity index (χ0n) is 9.80. The van der Waals surface area contributed by atoms with Crippen molar-refractivity contribution in [2.75, 3.05) is 11.5 Å². The Bertz CT molecular complexity index is 537. The third-order valence-corrected chi connectivity index (χ3v) is 4.26. The largest absolute Gasteiger partial charge is 0.399 e. The third-order valence-electron chi connectivity index (χ3n) is 2.63. The van der Waals surface area contributed by atoms with E-state index < -0.39 is 10.8 Å². The van der Waals surface area contributed by atoms with Gasteiger partial charge in [-0.15, -0.1) is 0 Å². The molecule has 94 valence electrons. The number of aryl methyl sites for hydroxylation is 1. The van der Waals surface area contributed by atoms with E-state index in [0.717, 1.165) is 22.6 Å². The fraction of sp³-hybridized carbons (Fsp3) is 0.143. The summed E-state index contributed by atoms with van der Waals surface area (Å²) in [5, 5.41) is 0.661. The summed E-state index contributed by atoms with van der Waals surface area (Å²) in [5.41, 5.74) is 7.51. The minimum Gasteiger partial charge on any atom is -0.399 e. The molecule has 0 spiro atoms. The van der Waals surface area contributed by atoms with Crippen molar-refractivity contribution in [1.29, 1.82) is 0 Å². The number of benzene rings is 2. The first kappa shape index (κ1) is 13.1. The van der Waals surface area contributed by atoms with Crippen molar-refractivity contribution in [2.24, 2.45) is 0 Å². The predicted octanol–water partition coefficient (Wildman–Crippen LogP) is 3.27. The Balaban J connectivity index is 1.96. The highest BCUT2D eigenvalue weighted by atomic mass is 35.5. The van der Waals surface area contributed by atoms with Crippen molar-refractivity contribution in [2.45, 2.75) is 11.3 Å². The second-order valence-corrected chi connectivity index (χ2v) is 6.00. The number of hydrogen-bond acceptors (Lipinski definition) is 2. The number of hydrogen-bond donors (Lipinski definition) is 1. The molecule has 2 N–H and O–H groups in total. The highest BCUT2D eigenvalue weighted by molar-refractivity contribution is 7.85. The Morgan fingerprint density at radius 3 is 2.22 bits per heavy atom. The van der Waals surface area contributed by atoms with Crippen LogP contribution in [-0.4, -0.2) is 9.96 Å². The van der Waals surface area contributed by atoms with Gasteiger partial charge in [0.15, 0.2) is 0 Å². The summed E-state index contributed by atoms with van der Waals surface area (Å²) in [4.78, 5) is 0.815. The molecule has 0 aliphatic rings. The molecule has 0 amide bonds. The van der Waals surface area contributed by atoms with E-state index in [1.165, 1.54) is 0 Å². The molecule has 0 aromatic heterocycles. The van der Waals surface area contributed by atoms with Crippen LogP contribution in [-0.2, 0) is 17.2 Å². The van der Waals surface area contributed by atoms with Crippen LogP contribution in [0, 0.1) is 0 Å². The van der Waals surface area contributed by atoms with E-state index in [1.807, 2.05) is 24.3 Å². The topological polar surface area (TPSA) is 43.1 Å². The zero-order valence-corrected chi connectivity index (χ0v) is 11.4. The molecule has 1 unspecified atom stereocenters. The minimum atomic E-state index is -0.987. The van der Waals surface area contributed by atoms with Crippen LogP contribution in [0.15, 0.2) is 53.4 Å². The molecule has 0 aliphatic carbocycles. The molecule has 0 bridgehead atoms. The van der Waals surface area contributed by atoms with Gasteiger partial charge in [0.1, 0.15) is 0 Å². The highest BCUT2D eigenvalue weighted by Crippen LogP contribution is 2.14. The lowest BCUT2D eigenvalue weighted by molar-refractivity contribution is 0.682. The second-order valence-electron chi connectivity index (χ2n) is 4.00. The summed E-state index contributed by atoms with van der Waals surface area (Å²) in [6, 6.07) is 14.8.